The van der Waals surface area contributed by atoms with E-state index in [2.05, 4.69) is 4.98 Å². The Hall–Kier alpha value is -1.45. The second-order valence-corrected chi connectivity index (χ2v) is 3.26. The second kappa shape index (κ2) is 5.58. The fourth-order valence-corrected chi connectivity index (χ4v) is 1.44. The van der Waals surface area contributed by atoms with Gasteiger partial charge in [0.05, 0.1) is 11.7 Å². The van der Waals surface area contributed by atoms with Gasteiger partial charge >= 0.3 is 0 Å². The lowest BCUT2D eigenvalue weighted by molar-refractivity contribution is 0.586. The molecule has 16 heavy (non-hydrogen) atoms. The number of nitrogens with zero attached hydrogens (tertiary/aromatic N) is 1. The highest BCUT2D eigenvalue weighted by Gasteiger charge is 2.13. The van der Waals surface area contributed by atoms with E-state index in [0.29, 0.717) is 0 Å². The molecule has 1 aromatic carbocycles. The molecule has 1 aromatic heterocycles. The zero-order valence-electron chi connectivity index (χ0n) is 8.51. The third-order valence-electron chi connectivity index (χ3n) is 2.24. The van der Waals surface area contributed by atoms with Gasteiger partial charge in [-0.1, -0.05) is 30.3 Å². The van der Waals surface area contributed by atoms with Crippen LogP contribution in [-0.2, 0) is 0 Å². The molecule has 0 amide bonds. The van der Waals surface area contributed by atoms with Gasteiger partial charge < -0.3 is 5.73 Å². The van der Waals surface area contributed by atoms with E-state index in [1.807, 2.05) is 30.3 Å². The summed E-state index contributed by atoms with van der Waals surface area (Å²) in [7, 11) is 0. The van der Waals surface area contributed by atoms with Crippen molar-refractivity contribution in [2.45, 2.75) is 6.04 Å². The molecule has 0 bridgehead atoms. The van der Waals surface area contributed by atoms with E-state index in [4.69, 9.17) is 5.73 Å². The lowest BCUT2D eigenvalue weighted by Crippen LogP contribution is -2.15. The fraction of sp³-hybridized carbons (Fsp3) is 0.0833. The van der Waals surface area contributed by atoms with Gasteiger partial charge in [-0.15, -0.1) is 12.4 Å². The Morgan fingerprint density at radius 3 is 2.38 bits per heavy atom. The molecule has 0 radical (unpaired) electrons. The summed E-state index contributed by atoms with van der Waals surface area (Å²) in [5, 5.41) is 0. The molecular formula is C12H12ClFN2. The second-order valence-electron chi connectivity index (χ2n) is 3.26. The van der Waals surface area contributed by atoms with Crippen LogP contribution < -0.4 is 5.73 Å². The minimum Gasteiger partial charge on any atom is -0.319 e. The number of aromatic nitrogens is 1. The third-order valence-corrected chi connectivity index (χ3v) is 2.24. The highest BCUT2D eigenvalue weighted by molar-refractivity contribution is 5.85. The maximum atomic E-state index is 13.4. The van der Waals surface area contributed by atoms with Crippen LogP contribution in [0.25, 0.3) is 0 Å². The topological polar surface area (TPSA) is 38.9 Å². The van der Waals surface area contributed by atoms with E-state index >= 15 is 0 Å². The first-order valence-corrected chi connectivity index (χ1v) is 4.70. The van der Waals surface area contributed by atoms with Crippen molar-refractivity contribution in [3.05, 3.63) is 65.7 Å². The number of benzene rings is 1. The molecule has 1 atom stereocenters. The molecule has 2 rings (SSSR count). The molecule has 0 spiro atoms. The van der Waals surface area contributed by atoms with Crippen molar-refractivity contribution >= 4 is 12.4 Å². The molecule has 4 heteroatoms. The monoisotopic (exact) mass is 238 g/mol. The number of hydrogen-bond donors (Lipinski definition) is 1. The molecule has 0 unspecified atom stereocenters. The number of hydrogen-bond acceptors (Lipinski definition) is 2. The summed E-state index contributed by atoms with van der Waals surface area (Å²) >= 11 is 0. The van der Waals surface area contributed by atoms with Crippen LogP contribution >= 0.6 is 12.4 Å². The van der Waals surface area contributed by atoms with Crippen molar-refractivity contribution in [1.29, 1.82) is 0 Å². The lowest BCUT2D eigenvalue weighted by atomic mass is 10.0. The van der Waals surface area contributed by atoms with Crippen LogP contribution in [0, 0.1) is 5.82 Å². The number of pyridine rings is 1. The number of halogens is 2. The van der Waals surface area contributed by atoms with Crippen molar-refractivity contribution in [1.82, 2.24) is 4.98 Å². The molecule has 0 aliphatic carbocycles. The quantitative estimate of drug-likeness (QED) is 0.874. The minimum atomic E-state index is -0.507. The summed E-state index contributed by atoms with van der Waals surface area (Å²) < 4.78 is 13.4. The van der Waals surface area contributed by atoms with Gasteiger partial charge in [-0.05, 0) is 17.7 Å². The standard InChI is InChI=1S/C12H11FN2.ClH/c13-10-7-4-8-15-12(10)11(14)9-5-2-1-3-6-9;/h1-8,11H,14H2;1H/t11-;/m0./s1. The summed E-state index contributed by atoms with van der Waals surface area (Å²) in [6.07, 6.45) is 1.54. The van der Waals surface area contributed by atoms with Gasteiger partial charge in [0.1, 0.15) is 5.82 Å². The summed E-state index contributed by atoms with van der Waals surface area (Å²) in [6.45, 7) is 0. The first-order valence-electron chi connectivity index (χ1n) is 4.70. The number of rotatable bonds is 2. The Morgan fingerprint density at radius 1 is 1.06 bits per heavy atom. The number of nitrogens with two attached hydrogens (primary N) is 1. The van der Waals surface area contributed by atoms with E-state index in [9.17, 15) is 4.39 Å². The smallest absolute Gasteiger partial charge is 0.146 e. The molecule has 84 valence electrons. The minimum absolute atomic E-state index is 0. The Labute approximate surface area is 99.7 Å². The van der Waals surface area contributed by atoms with E-state index < -0.39 is 6.04 Å². The van der Waals surface area contributed by atoms with E-state index in [0.717, 1.165) is 5.56 Å². The highest BCUT2D eigenvalue weighted by Crippen LogP contribution is 2.19. The highest BCUT2D eigenvalue weighted by atomic mass is 35.5. The van der Waals surface area contributed by atoms with Crippen molar-refractivity contribution in [3.63, 3.8) is 0 Å². The molecule has 0 aliphatic rings. The van der Waals surface area contributed by atoms with Crippen molar-refractivity contribution < 1.29 is 4.39 Å². The largest absolute Gasteiger partial charge is 0.319 e. The zero-order chi connectivity index (χ0) is 10.7. The molecule has 0 saturated heterocycles. The average molecular weight is 239 g/mol. The van der Waals surface area contributed by atoms with Gasteiger partial charge in [0.25, 0.3) is 0 Å². The van der Waals surface area contributed by atoms with Crippen LogP contribution in [0.2, 0.25) is 0 Å². The Kier molecular flexibility index (Phi) is 4.40. The van der Waals surface area contributed by atoms with Crippen LogP contribution in [0.5, 0.6) is 0 Å². The SMILES string of the molecule is Cl.N[C@@H](c1ccccc1)c1ncccc1F. The van der Waals surface area contributed by atoms with Crippen LogP contribution in [0.4, 0.5) is 4.39 Å². The van der Waals surface area contributed by atoms with Crippen LogP contribution in [-0.4, -0.2) is 4.98 Å². The predicted molar refractivity (Wildman–Crippen MR) is 63.9 cm³/mol. The first-order chi connectivity index (χ1) is 7.29. The van der Waals surface area contributed by atoms with Gasteiger partial charge in [-0.2, -0.15) is 0 Å². The third kappa shape index (κ3) is 2.56. The Bertz CT molecular complexity index is 448. The predicted octanol–water partition coefficient (Wildman–Crippen LogP) is 2.69. The summed E-state index contributed by atoms with van der Waals surface area (Å²) in [5.74, 6) is -0.367. The van der Waals surface area contributed by atoms with E-state index in [1.54, 1.807) is 12.3 Å². The molecule has 1 heterocycles. The van der Waals surface area contributed by atoms with Crippen LogP contribution in [0.15, 0.2) is 48.7 Å². The van der Waals surface area contributed by atoms with Gasteiger partial charge in [-0.3, -0.25) is 4.98 Å². The van der Waals surface area contributed by atoms with Gasteiger partial charge in [-0.25, -0.2) is 4.39 Å². The normalized spacial score (nSPS) is 11.6. The Morgan fingerprint density at radius 2 is 1.75 bits per heavy atom. The molecule has 2 nitrogen and oxygen atoms in total. The van der Waals surface area contributed by atoms with Crippen LogP contribution in [0.3, 0.4) is 0 Å². The van der Waals surface area contributed by atoms with Crippen molar-refractivity contribution in [2.24, 2.45) is 5.73 Å². The van der Waals surface area contributed by atoms with Gasteiger partial charge in [0, 0.05) is 6.20 Å². The maximum Gasteiger partial charge on any atom is 0.146 e. The van der Waals surface area contributed by atoms with Crippen LogP contribution in [0.1, 0.15) is 17.3 Å². The summed E-state index contributed by atoms with van der Waals surface area (Å²) in [4.78, 5) is 3.95. The molecule has 0 fully saturated rings. The summed E-state index contributed by atoms with van der Waals surface area (Å²) in [5.41, 5.74) is 7.05. The molecule has 2 aromatic rings. The fourth-order valence-electron chi connectivity index (χ4n) is 1.44. The van der Waals surface area contributed by atoms with E-state index in [-0.39, 0.29) is 23.9 Å². The van der Waals surface area contributed by atoms with E-state index in [1.165, 1.54) is 6.07 Å². The average Bonchev–Trinajstić information content (AvgIpc) is 2.30. The van der Waals surface area contributed by atoms with Gasteiger partial charge in [0.15, 0.2) is 0 Å². The van der Waals surface area contributed by atoms with Gasteiger partial charge in [0.2, 0.25) is 0 Å². The molecule has 0 aliphatic heterocycles. The first kappa shape index (κ1) is 12.6. The van der Waals surface area contributed by atoms with Crippen molar-refractivity contribution in [3.8, 4) is 0 Å². The molecular weight excluding hydrogens is 227 g/mol. The molecule has 0 saturated carbocycles. The summed E-state index contributed by atoms with van der Waals surface area (Å²) in [6, 6.07) is 11.8. The van der Waals surface area contributed by atoms with Crippen molar-refractivity contribution in [2.75, 3.05) is 0 Å². The maximum absolute atomic E-state index is 13.4. The lowest BCUT2D eigenvalue weighted by Gasteiger charge is -2.11. The molecule has 2 N–H and O–H groups in total. The zero-order valence-corrected chi connectivity index (χ0v) is 9.32. The Balaban J connectivity index is 0.00000128.